The number of aromatic nitrogens is 6. The molecule has 0 saturated heterocycles. The first-order valence-electron chi connectivity index (χ1n) is 12.4. The van der Waals surface area contributed by atoms with Crippen molar-refractivity contribution in [2.45, 2.75) is 52.6 Å². The third-order valence-electron chi connectivity index (χ3n) is 6.04. The van der Waals surface area contributed by atoms with E-state index in [-0.39, 0.29) is 11.9 Å². The van der Waals surface area contributed by atoms with Crippen molar-refractivity contribution in [3.63, 3.8) is 0 Å². The summed E-state index contributed by atoms with van der Waals surface area (Å²) in [6.07, 6.45) is 2.73. The highest BCUT2D eigenvalue weighted by molar-refractivity contribution is 7.80. The monoisotopic (exact) mass is 503 g/mol. The van der Waals surface area contributed by atoms with Gasteiger partial charge in [0.25, 0.3) is 5.91 Å². The molecule has 9 heteroatoms. The van der Waals surface area contributed by atoms with Crippen molar-refractivity contribution < 1.29 is 4.79 Å². The summed E-state index contributed by atoms with van der Waals surface area (Å²) in [5, 5.41) is 22.1. The summed E-state index contributed by atoms with van der Waals surface area (Å²) in [5.41, 5.74) is 5.69. The van der Waals surface area contributed by atoms with E-state index in [4.69, 9.17) is 0 Å². The molecule has 2 aromatic carbocycles. The maximum atomic E-state index is 12.9. The minimum absolute atomic E-state index is 0.0313. The number of nitrogens with one attached hydrogen (secondary N) is 2. The first-order chi connectivity index (χ1) is 17.5. The number of hydrogen-bond acceptors (Lipinski definition) is 6. The van der Waals surface area contributed by atoms with Crippen molar-refractivity contribution in [1.82, 2.24) is 35.7 Å². The Morgan fingerprint density at radius 3 is 2.50 bits per heavy atom. The third-order valence-corrected chi connectivity index (χ3v) is 6.48. The smallest absolute Gasteiger partial charge is 0.272 e. The van der Waals surface area contributed by atoms with Crippen LogP contribution in [0.1, 0.15) is 55.4 Å². The van der Waals surface area contributed by atoms with Crippen molar-refractivity contribution in [3.05, 3.63) is 71.5 Å². The molecule has 188 valence electrons. The first kappa shape index (κ1) is 25.6. The normalized spacial score (nSPS) is 12.1. The van der Waals surface area contributed by atoms with E-state index in [9.17, 15) is 4.79 Å². The average Bonchev–Trinajstić information content (AvgIpc) is 3.55. The number of amides is 1. The Morgan fingerprint density at radius 1 is 1.11 bits per heavy atom. The molecule has 1 amide bonds. The Kier molecular flexibility index (Phi) is 8.53. The second-order valence-corrected chi connectivity index (χ2v) is 9.77. The van der Waals surface area contributed by atoms with E-state index in [1.165, 1.54) is 0 Å². The summed E-state index contributed by atoms with van der Waals surface area (Å²) < 4.78 is 1.94. The lowest BCUT2D eigenvalue weighted by atomic mass is 9.98. The van der Waals surface area contributed by atoms with Crippen LogP contribution in [0, 0.1) is 5.92 Å². The average molecular weight is 504 g/mol. The van der Waals surface area contributed by atoms with Gasteiger partial charge >= 0.3 is 0 Å². The van der Waals surface area contributed by atoms with Gasteiger partial charge in [-0.2, -0.15) is 17.7 Å². The molecule has 4 aromatic rings. The molecule has 0 saturated carbocycles. The highest BCUT2D eigenvalue weighted by Gasteiger charge is 2.18. The van der Waals surface area contributed by atoms with Crippen molar-refractivity contribution in [1.29, 1.82) is 0 Å². The molecule has 1 atom stereocenters. The highest BCUT2D eigenvalue weighted by atomic mass is 32.1. The van der Waals surface area contributed by atoms with E-state index < -0.39 is 0 Å². The minimum atomic E-state index is -0.139. The Bertz CT molecular complexity index is 1270. The standard InChI is InChI=1S/C27H33N7OS/c1-4-7-22-15-25(27(35)28-21(17-36)14-18(2)3)31-34(22)16-19-10-12-20(13-11-19)23-8-5-6-9-24(23)26-29-32-33-30-26/h5-6,8-13,15,18,21,36H,4,7,14,16-17H2,1-3H3,(H,28,35)(H,29,30,32,33)/t21-/m1/s1. The van der Waals surface area contributed by atoms with Crippen LogP contribution in [-0.4, -0.2) is 48.1 Å². The Balaban J connectivity index is 1.53. The van der Waals surface area contributed by atoms with E-state index in [1.807, 2.05) is 28.9 Å². The number of tetrazole rings is 1. The van der Waals surface area contributed by atoms with Crippen LogP contribution in [0.2, 0.25) is 0 Å². The fourth-order valence-electron chi connectivity index (χ4n) is 4.35. The zero-order valence-corrected chi connectivity index (χ0v) is 21.9. The Morgan fingerprint density at radius 2 is 1.86 bits per heavy atom. The number of thiol groups is 1. The van der Waals surface area contributed by atoms with E-state index in [0.717, 1.165) is 47.2 Å². The van der Waals surface area contributed by atoms with Crippen LogP contribution >= 0.6 is 12.6 Å². The Hall–Kier alpha value is -3.46. The van der Waals surface area contributed by atoms with Crippen molar-refractivity contribution in [3.8, 4) is 22.5 Å². The van der Waals surface area contributed by atoms with Gasteiger partial charge in [-0.05, 0) is 51.9 Å². The SMILES string of the molecule is CCCc1cc(C(=O)N[C@@H](CS)CC(C)C)nn1Cc1ccc(-c2ccccc2-c2nnn[nH]2)cc1. The van der Waals surface area contributed by atoms with E-state index >= 15 is 0 Å². The molecule has 36 heavy (non-hydrogen) atoms. The number of benzene rings is 2. The first-order valence-corrected chi connectivity index (χ1v) is 13.0. The second kappa shape index (κ2) is 12.0. The molecule has 4 rings (SSSR count). The van der Waals surface area contributed by atoms with Crippen molar-refractivity contribution in [2.24, 2.45) is 5.92 Å². The molecule has 2 N–H and O–H groups in total. The molecule has 0 bridgehead atoms. The summed E-state index contributed by atoms with van der Waals surface area (Å²) in [5.74, 6) is 1.59. The molecule has 0 aliphatic heterocycles. The molecule has 8 nitrogen and oxygen atoms in total. The van der Waals surface area contributed by atoms with Crippen LogP contribution in [0.5, 0.6) is 0 Å². The lowest BCUT2D eigenvalue weighted by molar-refractivity contribution is 0.0931. The number of aromatic amines is 1. The Labute approximate surface area is 217 Å². The van der Waals surface area contributed by atoms with Crippen LogP contribution in [-0.2, 0) is 13.0 Å². The lowest BCUT2D eigenvalue weighted by Crippen LogP contribution is -2.37. The summed E-state index contributed by atoms with van der Waals surface area (Å²) >= 11 is 4.41. The van der Waals surface area contributed by atoms with Gasteiger partial charge in [0.1, 0.15) is 5.69 Å². The molecule has 0 unspecified atom stereocenters. The third kappa shape index (κ3) is 6.20. The summed E-state index contributed by atoms with van der Waals surface area (Å²) in [4.78, 5) is 12.9. The number of aryl methyl sites for hydroxylation is 1. The molecule has 0 aliphatic rings. The van der Waals surface area contributed by atoms with Gasteiger partial charge in [-0.3, -0.25) is 9.48 Å². The molecule has 0 radical (unpaired) electrons. The zero-order valence-electron chi connectivity index (χ0n) is 21.0. The zero-order chi connectivity index (χ0) is 25.5. The largest absolute Gasteiger partial charge is 0.347 e. The molecule has 0 aliphatic carbocycles. The van der Waals surface area contributed by atoms with E-state index in [1.54, 1.807) is 0 Å². The van der Waals surface area contributed by atoms with Gasteiger partial charge in [-0.15, -0.1) is 5.10 Å². The van der Waals surface area contributed by atoms with Crippen LogP contribution < -0.4 is 5.32 Å². The molecular formula is C27H33N7OS. The predicted molar refractivity (Wildman–Crippen MR) is 145 cm³/mol. The molecule has 0 spiro atoms. The molecular weight excluding hydrogens is 470 g/mol. The maximum Gasteiger partial charge on any atom is 0.272 e. The summed E-state index contributed by atoms with van der Waals surface area (Å²) in [6, 6.07) is 18.4. The predicted octanol–water partition coefficient (Wildman–Crippen LogP) is 4.81. The second-order valence-electron chi connectivity index (χ2n) is 9.40. The van der Waals surface area contributed by atoms with Gasteiger partial charge in [0, 0.05) is 23.1 Å². The number of H-pyrrole nitrogens is 1. The quantitative estimate of drug-likeness (QED) is 0.255. The van der Waals surface area contributed by atoms with Crippen molar-refractivity contribution >= 4 is 18.5 Å². The van der Waals surface area contributed by atoms with Gasteiger partial charge in [0.15, 0.2) is 5.82 Å². The molecule has 2 aromatic heterocycles. The number of rotatable bonds is 11. The summed E-state index contributed by atoms with van der Waals surface area (Å²) in [6.45, 7) is 7.02. The van der Waals surface area contributed by atoms with Crippen LogP contribution in [0.25, 0.3) is 22.5 Å². The van der Waals surface area contributed by atoms with Gasteiger partial charge in [-0.1, -0.05) is 75.7 Å². The molecule has 0 fully saturated rings. The van der Waals surface area contributed by atoms with Gasteiger partial charge in [0.2, 0.25) is 0 Å². The molecule has 2 heterocycles. The van der Waals surface area contributed by atoms with Crippen molar-refractivity contribution in [2.75, 3.05) is 5.75 Å². The number of hydrogen-bond donors (Lipinski definition) is 3. The van der Waals surface area contributed by atoms with E-state index in [2.05, 4.69) is 94.8 Å². The van der Waals surface area contributed by atoms with Gasteiger partial charge in [-0.25, -0.2) is 5.10 Å². The highest BCUT2D eigenvalue weighted by Crippen LogP contribution is 2.29. The van der Waals surface area contributed by atoms with Crippen LogP contribution in [0.3, 0.4) is 0 Å². The fraction of sp³-hybridized carbons (Fsp3) is 0.370. The van der Waals surface area contributed by atoms with Crippen LogP contribution in [0.15, 0.2) is 54.6 Å². The lowest BCUT2D eigenvalue weighted by Gasteiger charge is -2.17. The summed E-state index contributed by atoms with van der Waals surface area (Å²) in [7, 11) is 0. The van der Waals surface area contributed by atoms with Crippen LogP contribution in [0.4, 0.5) is 0 Å². The van der Waals surface area contributed by atoms with Gasteiger partial charge < -0.3 is 5.32 Å². The number of carbonyl (C=O) groups excluding carboxylic acids is 1. The maximum absolute atomic E-state index is 12.9. The topological polar surface area (TPSA) is 101 Å². The number of carbonyl (C=O) groups is 1. The number of nitrogens with zero attached hydrogens (tertiary/aromatic N) is 5. The van der Waals surface area contributed by atoms with E-state index in [0.29, 0.717) is 29.7 Å². The fourth-order valence-corrected chi connectivity index (χ4v) is 4.59. The van der Waals surface area contributed by atoms with Gasteiger partial charge in [0.05, 0.1) is 6.54 Å². The minimum Gasteiger partial charge on any atom is -0.347 e.